The van der Waals surface area contributed by atoms with Crippen LogP contribution >= 0.6 is 0 Å². The highest BCUT2D eigenvalue weighted by atomic mass is 19.1. The minimum Gasteiger partial charge on any atom is -0.495 e. The topological polar surface area (TPSA) is 53.0 Å². The Kier molecular flexibility index (Phi) is 4.55. The highest BCUT2D eigenvalue weighted by Gasteiger charge is 2.21. The quantitative estimate of drug-likeness (QED) is 0.934. The Bertz CT molecular complexity index is 743. The Morgan fingerprint density at radius 1 is 1.08 bits per heavy atom. The van der Waals surface area contributed by atoms with Crippen molar-refractivity contribution >= 4 is 17.3 Å². The van der Waals surface area contributed by atoms with Crippen molar-refractivity contribution in [2.45, 2.75) is 0 Å². The van der Waals surface area contributed by atoms with Gasteiger partial charge in [0.05, 0.1) is 18.4 Å². The van der Waals surface area contributed by atoms with Gasteiger partial charge in [-0.05, 0) is 30.3 Å². The van der Waals surface area contributed by atoms with Crippen molar-refractivity contribution in [3.63, 3.8) is 0 Å². The molecular weight excluding hydrogens is 311 g/mol. The molecule has 3 rings (SSSR count). The van der Waals surface area contributed by atoms with E-state index in [0.717, 1.165) is 43.3 Å². The number of methoxy groups -OCH3 is 1. The summed E-state index contributed by atoms with van der Waals surface area (Å²) in [5.74, 6) is -1.12. The molecule has 0 aromatic heterocycles. The van der Waals surface area contributed by atoms with Crippen LogP contribution in [0.2, 0.25) is 0 Å². The average molecular weight is 330 g/mol. The second-order valence-corrected chi connectivity index (χ2v) is 5.62. The molecule has 0 radical (unpaired) electrons. The number of carbonyl (C=O) groups is 1. The zero-order valence-electron chi connectivity index (χ0n) is 13.4. The minimum atomic E-state index is -1.25. The van der Waals surface area contributed by atoms with Crippen LogP contribution in [0.15, 0.2) is 42.5 Å². The Morgan fingerprint density at radius 3 is 2.42 bits per heavy atom. The van der Waals surface area contributed by atoms with Gasteiger partial charge in [-0.1, -0.05) is 12.1 Å². The van der Waals surface area contributed by atoms with E-state index < -0.39 is 11.8 Å². The Hall–Kier alpha value is -2.76. The molecule has 0 unspecified atom stereocenters. The molecule has 1 fully saturated rings. The van der Waals surface area contributed by atoms with Gasteiger partial charge in [0, 0.05) is 31.9 Å². The fourth-order valence-electron chi connectivity index (χ4n) is 2.97. The highest BCUT2D eigenvalue weighted by molar-refractivity contribution is 5.89. The SMILES string of the molecule is COc1ccccc1N1CCN(c2ccc(F)c(C(=O)O)c2)CC1. The third-order valence-corrected chi connectivity index (χ3v) is 4.25. The summed E-state index contributed by atoms with van der Waals surface area (Å²) in [4.78, 5) is 15.4. The van der Waals surface area contributed by atoms with Crippen molar-refractivity contribution in [2.75, 3.05) is 43.1 Å². The number of nitrogens with zero attached hydrogens (tertiary/aromatic N) is 2. The van der Waals surface area contributed by atoms with Gasteiger partial charge in [-0.2, -0.15) is 0 Å². The molecule has 2 aromatic carbocycles. The maximum absolute atomic E-state index is 13.5. The number of piperazine rings is 1. The smallest absolute Gasteiger partial charge is 0.338 e. The molecule has 24 heavy (non-hydrogen) atoms. The molecule has 1 heterocycles. The predicted molar refractivity (Wildman–Crippen MR) is 90.8 cm³/mol. The molecule has 126 valence electrons. The molecule has 0 spiro atoms. The first kappa shape index (κ1) is 16.1. The van der Waals surface area contributed by atoms with Gasteiger partial charge in [0.1, 0.15) is 11.6 Å². The summed E-state index contributed by atoms with van der Waals surface area (Å²) in [5, 5.41) is 9.06. The molecule has 1 aliphatic rings. The normalized spacial score (nSPS) is 14.6. The van der Waals surface area contributed by atoms with Gasteiger partial charge >= 0.3 is 5.97 Å². The van der Waals surface area contributed by atoms with Crippen LogP contribution in [0, 0.1) is 5.82 Å². The zero-order valence-corrected chi connectivity index (χ0v) is 13.4. The van der Waals surface area contributed by atoms with Gasteiger partial charge in [-0.15, -0.1) is 0 Å². The van der Waals surface area contributed by atoms with Gasteiger partial charge in [-0.25, -0.2) is 9.18 Å². The fourth-order valence-corrected chi connectivity index (χ4v) is 2.97. The van der Waals surface area contributed by atoms with Gasteiger partial charge in [0.15, 0.2) is 0 Å². The van der Waals surface area contributed by atoms with Crippen LogP contribution in [0.1, 0.15) is 10.4 Å². The number of halogens is 1. The van der Waals surface area contributed by atoms with Crippen LogP contribution in [0.5, 0.6) is 5.75 Å². The van der Waals surface area contributed by atoms with Gasteiger partial charge < -0.3 is 19.6 Å². The molecule has 0 saturated carbocycles. The number of carboxylic acid groups (broad SMARTS) is 1. The molecule has 1 aliphatic heterocycles. The van der Waals surface area contributed by atoms with Crippen LogP contribution in [0.3, 0.4) is 0 Å². The highest BCUT2D eigenvalue weighted by Crippen LogP contribution is 2.29. The molecule has 2 aromatic rings. The van der Waals surface area contributed by atoms with E-state index in [1.165, 1.54) is 12.1 Å². The first-order valence-electron chi connectivity index (χ1n) is 7.76. The monoisotopic (exact) mass is 330 g/mol. The second-order valence-electron chi connectivity index (χ2n) is 5.62. The predicted octanol–water partition coefficient (Wildman–Crippen LogP) is 2.86. The van der Waals surface area contributed by atoms with E-state index in [2.05, 4.69) is 9.80 Å². The lowest BCUT2D eigenvalue weighted by Crippen LogP contribution is -2.46. The minimum absolute atomic E-state index is 0.292. The third kappa shape index (κ3) is 3.13. The van der Waals surface area contributed by atoms with Crippen LogP contribution < -0.4 is 14.5 Å². The number of ether oxygens (including phenoxy) is 1. The van der Waals surface area contributed by atoms with Crippen molar-refractivity contribution in [3.8, 4) is 5.75 Å². The van der Waals surface area contributed by atoms with E-state index in [0.29, 0.717) is 0 Å². The number of hydrogen-bond acceptors (Lipinski definition) is 4. The molecule has 0 amide bonds. The van der Waals surface area contributed by atoms with E-state index in [9.17, 15) is 9.18 Å². The van der Waals surface area contributed by atoms with Crippen molar-refractivity contribution < 1.29 is 19.0 Å². The molecule has 6 heteroatoms. The van der Waals surface area contributed by atoms with E-state index in [4.69, 9.17) is 9.84 Å². The number of benzene rings is 2. The van der Waals surface area contributed by atoms with Gasteiger partial charge in [0.2, 0.25) is 0 Å². The number of aromatic carboxylic acids is 1. The first-order chi connectivity index (χ1) is 11.6. The van der Waals surface area contributed by atoms with E-state index in [-0.39, 0.29) is 5.56 Å². The fraction of sp³-hybridized carbons (Fsp3) is 0.278. The molecular formula is C18H19FN2O3. The van der Waals surface area contributed by atoms with Crippen molar-refractivity contribution in [1.29, 1.82) is 0 Å². The molecule has 5 nitrogen and oxygen atoms in total. The van der Waals surface area contributed by atoms with Crippen LogP contribution in [0.4, 0.5) is 15.8 Å². The summed E-state index contributed by atoms with van der Waals surface area (Å²) in [5.41, 5.74) is 1.48. The standard InChI is InChI=1S/C18H19FN2O3/c1-24-17-5-3-2-4-16(17)21-10-8-20(9-11-21)13-6-7-15(19)14(12-13)18(22)23/h2-7,12H,8-11H2,1H3,(H,22,23). The molecule has 0 atom stereocenters. The number of para-hydroxylation sites is 2. The molecule has 0 aliphatic carbocycles. The maximum atomic E-state index is 13.5. The first-order valence-corrected chi connectivity index (χ1v) is 7.76. The number of rotatable bonds is 4. The largest absolute Gasteiger partial charge is 0.495 e. The Balaban J connectivity index is 1.73. The van der Waals surface area contributed by atoms with E-state index >= 15 is 0 Å². The lowest BCUT2D eigenvalue weighted by Gasteiger charge is -2.37. The van der Waals surface area contributed by atoms with Crippen LogP contribution in [0.25, 0.3) is 0 Å². The Labute approximate surface area is 139 Å². The number of carboxylic acids is 1. The molecule has 1 N–H and O–H groups in total. The van der Waals surface area contributed by atoms with Gasteiger partial charge in [-0.3, -0.25) is 0 Å². The van der Waals surface area contributed by atoms with Crippen molar-refractivity contribution in [3.05, 3.63) is 53.8 Å². The Morgan fingerprint density at radius 2 is 1.75 bits per heavy atom. The summed E-state index contributed by atoms with van der Waals surface area (Å²) in [6, 6.07) is 12.1. The summed E-state index contributed by atoms with van der Waals surface area (Å²) in [6.07, 6.45) is 0. The molecule has 1 saturated heterocycles. The van der Waals surface area contributed by atoms with Crippen molar-refractivity contribution in [2.24, 2.45) is 0 Å². The summed E-state index contributed by atoms with van der Waals surface area (Å²) < 4.78 is 18.9. The third-order valence-electron chi connectivity index (χ3n) is 4.25. The van der Waals surface area contributed by atoms with Crippen molar-refractivity contribution in [1.82, 2.24) is 0 Å². The zero-order chi connectivity index (χ0) is 17.1. The van der Waals surface area contributed by atoms with Gasteiger partial charge in [0.25, 0.3) is 0 Å². The van der Waals surface area contributed by atoms with E-state index in [1.807, 2.05) is 24.3 Å². The van der Waals surface area contributed by atoms with Crippen LogP contribution in [-0.2, 0) is 0 Å². The summed E-state index contributed by atoms with van der Waals surface area (Å²) in [6.45, 7) is 3.01. The average Bonchev–Trinajstić information content (AvgIpc) is 2.62. The summed E-state index contributed by atoms with van der Waals surface area (Å²) in [7, 11) is 1.65. The number of hydrogen-bond donors (Lipinski definition) is 1. The van der Waals surface area contributed by atoms with Crippen LogP contribution in [-0.4, -0.2) is 44.4 Å². The maximum Gasteiger partial charge on any atom is 0.338 e. The lowest BCUT2D eigenvalue weighted by molar-refractivity contribution is 0.0692. The lowest BCUT2D eigenvalue weighted by atomic mass is 10.1. The van der Waals surface area contributed by atoms with E-state index in [1.54, 1.807) is 13.2 Å². The second kappa shape index (κ2) is 6.78. The summed E-state index contributed by atoms with van der Waals surface area (Å²) >= 11 is 0. The molecule has 0 bridgehead atoms. The number of anilines is 2.